The molecule has 28 heavy (non-hydrogen) atoms. The van der Waals surface area contributed by atoms with E-state index in [-0.39, 0.29) is 37.7 Å². The molecular formula is C19H21FN4O4. The van der Waals surface area contributed by atoms with Gasteiger partial charge in [-0.25, -0.2) is 9.87 Å². The predicted octanol–water partition coefficient (Wildman–Crippen LogP) is 1.87. The zero-order chi connectivity index (χ0) is 20.1. The molecule has 1 amide bonds. The Labute approximate surface area is 160 Å². The molecule has 3 rings (SSSR count). The molecule has 2 heterocycles. The summed E-state index contributed by atoms with van der Waals surface area (Å²) in [5.74, 6) is -1.07. The third kappa shape index (κ3) is 3.96. The number of amides is 1. The second-order valence-electron chi connectivity index (χ2n) is 6.10. The molecule has 0 atom stereocenters. The number of aryl methyl sites for hydroxylation is 1. The van der Waals surface area contributed by atoms with Crippen LogP contribution in [0.5, 0.6) is 0 Å². The highest BCUT2D eigenvalue weighted by atomic mass is 19.1. The molecule has 0 unspecified atom stereocenters. The minimum atomic E-state index is -0.604. The highest BCUT2D eigenvalue weighted by Gasteiger charge is 2.24. The largest absolute Gasteiger partial charge is 0.395 e. The van der Waals surface area contributed by atoms with Crippen molar-refractivity contribution in [3.63, 3.8) is 0 Å². The number of pyridine rings is 1. The number of carbonyl (C=O) groups is 1. The van der Waals surface area contributed by atoms with Crippen molar-refractivity contribution in [3.05, 3.63) is 53.7 Å². The molecule has 0 bridgehead atoms. The van der Waals surface area contributed by atoms with Gasteiger partial charge in [0.15, 0.2) is 0 Å². The molecule has 2 aromatic heterocycles. The van der Waals surface area contributed by atoms with Crippen molar-refractivity contribution in [1.82, 2.24) is 15.0 Å². The zero-order valence-corrected chi connectivity index (χ0v) is 15.3. The Kier molecular flexibility index (Phi) is 6.19. The van der Waals surface area contributed by atoms with Gasteiger partial charge in [0.1, 0.15) is 11.5 Å². The van der Waals surface area contributed by atoms with E-state index in [0.717, 1.165) is 5.56 Å². The summed E-state index contributed by atoms with van der Waals surface area (Å²) in [5.41, 5.74) is 4.35. The molecule has 0 aliphatic rings. The first-order chi connectivity index (χ1) is 13.6. The van der Waals surface area contributed by atoms with Crippen LogP contribution in [0.15, 0.2) is 36.7 Å². The molecule has 0 saturated carbocycles. The van der Waals surface area contributed by atoms with Gasteiger partial charge in [0.05, 0.1) is 36.7 Å². The third-order valence-corrected chi connectivity index (χ3v) is 4.15. The van der Waals surface area contributed by atoms with Gasteiger partial charge in [-0.2, -0.15) is 0 Å². The minimum Gasteiger partial charge on any atom is -0.395 e. The van der Waals surface area contributed by atoms with Crippen LogP contribution in [0.3, 0.4) is 0 Å². The average molecular weight is 388 g/mol. The van der Waals surface area contributed by atoms with Gasteiger partial charge in [-0.05, 0) is 30.7 Å². The van der Waals surface area contributed by atoms with Crippen LogP contribution in [0.2, 0.25) is 0 Å². The quantitative estimate of drug-likeness (QED) is 0.347. The van der Waals surface area contributed by atoms with Gasteiger partial charge in [-0.3, -0.25) is 14.6 Å². The number of fused-ring (bicyclic) bond motifs is 1. The third-order valence-electron chi connectivity index (χ3n) is 4.15. The summed E-state index contributed by atoms with van der Waals surface area (Å²) in [4.78, 5) is 21.8. The number of hydroxylamine groups is 1. The van der Waals surface area contributed by atoms with E-state index in [4.69, 9.17) is 9.94 Å². The van der Waals surface area contributed by atoms with E-state index in [0.29, 0.717) is 16.6 Å². The summed E-state index contributed by atoms with van der Waals surface area (Å²) in [6, 6.07) is 6.42. The molecule has 4 N–H and O–H groups in total. The topological polar surface area (TPSA) is 109 Å². The number of anilines is 2. The lowest BCUT2D eigenvalue weighted by Crippen LogP contribution is -2.28. The number of aromatic nitrogens is 2. The second kappa shape index (κ2) is 8.79. The van der Waals surface area contributed by atoms with E-state index in [9.17, 15) is 14.3 Å². The van der Waals surface area contributed by atoms with Crippen LogP contribution in [0.1, 0.15) is 16.1 Å². The number of rotatable bonds is 8. The number of hydrogen-bond donors (Lipinski definition) is 4. The fourth-order valence-corrected chi connectivity index (χ4v) is 2.96. The number of nitrogens with zero attached hydrogens (tertiary/aromatic N) is 2. The van der Waals surface area contributed by atoms with Crippen molar-refractivity contribution < 1.29 is 24.2 Å². The lowest BCUT2D eigenvalue weighted by molar-refractivity contribution is 0.0162. The summed E-state index contributed by atoms with van der Waals surface area (Å²) in [6.07, 6.45) is 3.12. The summed E-state index contributed by atoms with van der Waals surface area (Å²) in [7, 11) is 0. The number of benzene rings is 1. The number of aliphatic hydroxyl groups is 2. The maximum Gasteiger partial charge on any atom is 0.293 e. The lowest BCUT2D eigenvalue weighted by Gasteiger charge is -2.13. The Morgan fingerprint density at radius 1 is 1.29 bits per heavy atom. The molecule has 0 radical (unpaired) electrons. The van der Waals surface area contributed by atoms with Crippen LogP contribution < -0.4 is 10.8 Å². The number of aliphatic hydroxyl groups excluding tert-OH is 2. The van der Waals surface area contributed by atoms with E-state index in [1.165, 1.54) is 6.07 Å². The first-order valence-corrected chi connectivity index (χ1v) is 8.70. The van der Waals surface area contributed by atoms with E-state index in [2.05, 4.69) is 15.8 Å². The van der Waals surface area contributed by atoms with Gasteiger partial charge < -0.3 is 20.1 Å². The SMILES string of the molecule is Cc1ccc(Nc2c(C(=O)NOCCO)n(CCO)c3ccncc23)c(F)c1. The maximum absolute atomic E-state index is 14.4. The molecule has 1 aromatic carbocycles. The molecule has 0 aliphatic heterocycles. The van der Waals surface area contributed by atoms with Crippen LogP contribution >= 0.6 is 0 Å². The number of nitrogens with one attached hydrogen (secondary N) is 2. The average Bonchev–Trinajstić information content (AvgIpc) is 2.98. The highest BCUT2D eigenvalue weighted by molar-refractivity contribution is 6.09. The van der Waals surface area contributed by atoms with Gasteiger partial charge in [-0.1, -0.05) is 6.07 Å². The molecule has 3 aromatic rings. The summed E-state index contributed by atoms with van der Waals surface area (Å²) in [6.45, 7) is 1.37. The molecule has 0 saturated heterocycles. The van der Waals surface area contributed by atoms with Crippen LogP contribution in [0.25, 0.3) is 10.9 Å². The van der Waals surface area contributed by atoms with Crippen molar-refractivity contribution in [1.29, 1.82) is 0 Å². The van der Waals surface area contributed by atoms with E-state index < -0.39 is 11.7 Å². The Bertz CT molecular complexity index is 989. The van der Waals surface area contributed by atoms with Crippen molar-refractivity contribution in [2.45, 2.75) is 13.5 Å². The van der Waals surface area contributed by atoms with Crippen LogP contribution in [-0.4, -0.2) is 45.5 Å². The highest BCUT2D eigenvalue weighted by Crippen LogP contribution is 2.34. The molecule has 0 aliphatic carbocycles. The van der Waals surface area contributed by atoms with Gasteiger partial charge in [-0.15, -0.1) is 0 Å². The van der Waals surface area contributed by atoms with Gasteiger partial charge in [0, 0.05) is 24.3 Å². The summed E-state index contributed by atoms with van der Waals surface area (Å²) >= 11 is 0. The molecule has 0 spiro atoms. The molecule has 148 valence electrons. The van der Waals surface area contributed by atoms with Crippen molar-refractivity contribution in [2.24, 2.45) is 0 Å². The number of halogens is 1. The fourth-order valence-electron chi connectivity index (χ4n) is 2.96. The fraction of sp³-hybridized carbons (Fsp3) is 0.263. The molecule has 9 heteroatoms. The molecule has 8 nitrogen and oxygen atoms in total. The molecular weight excluding hydrogens is 367 g/mol. The van der Waals surface area contributed by atoms with Crippen LogP contribution in [0.4, 0.5) is 15.8 Å². The first kappa shape index (κ1) is 19.7. The smallest absolute Gasteiger partial charge is 0.293 e. The summed E-state index contributed by atoms with van der Waals surface area (Å²) in [5, 5.41) is 21.9. The minimum absolute atomic E-state index is 0.0805. The Balaban J connectivity index is 2.12. The Morgan fingerprint density at radius 3 is 2.82 bits per heavy atom. The zero-order valence-electron chi connectivity index (χ0n) is 15.3. The number of hydrogen-bond acceptors (Lipinski definition) is 6. The maximum atomic E-state index is 14.4. The lowest BCUT2D eigenvalue weighted by atomic mass is 10.2. The van der Waals surface area contributed by atoms with E-state index in [1.54, 1.807) is 42.1 Å². The van der Waals surface area contributed by atoms with E-state index >= 15 is 0 Å². The van der Waals surface area contributed by atoms with Gasteiger partial charge >= 0.3 is 0 Å². The normalized spacial score (nSPS) is 11.0. The molecule has 0 fully saturated rings. The van der Waals surface area contributed by atoms with Crippen LogP contribution in [0, 0.1) is 12.7 Å². The van der Waals surface area contributed by atoms with E-state index in [1.807, 2.05) is 0 Å². The van der Waals surface area contributed by atoms with Crippen LogP contribution in [-0.2, 0) is 11.4 Å². The van der Waals surface area contributed by atoms with Crippen molar-refractivity contribution in [2.75, 3.05) is 25.1 Å². The predicted molar refractivity (Wildman–Crippen MR) is 102 cm³/mol. The summed E-state index contributed by atoms with van der Waals surface area (Å²) < 4.78 is 16.0. The second-order valence-corrected chi connectivity index (χ2v) is 6.10. The van der Waals surface area contributed by atoms with Crippen molar-refractivity contribution in [3.8, 4) is 0 Å². The van der Waals surface area contributed by atoms with Gasteiger partial charge in [0.25, 0.3) is 5.91 Å². The Morgan fingerprint density at radius 2 is 2.11 bits per heavy atom. The Hall–Kier alpha value is -3.01. The first-order valence-electron chi connectivity index (χ1n) is 8.70. The van der Waals surface area contributed by atoms with Gasteiger partial charge in [0.2, 0.25) is 0 Å². The van der Waals surface area contributed by atoms with Crippen molar-refractivity contribution >= 4 is 28.2 Å². The number of carbonyl (C=O) groups excluding carboxylic acids is 1. The standard InChI is InChI=1S/C19H21FN4O4/c1-12-2-3-15(14(20)10-12)22-17-13-11-21-5-4-16(13)24(6-7-25)18(17)19(27)23-28-9-8-26/h2-5,10-11,22,25-26H,6-9H2,1H3,(H,23,27). The monoisotopic (exact) mass is 388 g/mol.